The van der Waals surface area contributed by atoms with Gasteiger partial charge in [0.05, 0.1) is 15.8 Å². The fraction of sp³-hybridized carbons (Fsp3) is 0.111. The maximum Gasteiger partial charge on any atom is 0.312 e. The van der Waals surface area contributed by atoms with Crippen molar-refractivity contribution < 1.29 is 14.4 Å². The number of phenolic OH excluding ortho intramolecular Hbond substituents is 1. The molecule has 0 radical (unpaired) electrons. The minimum Gasteiger partial charge on any atom is -0.502 e. The summed E-state index contributed by atoms with van der Waals surface area (Å²) in [6, 6.07) is 1.58. The van der Waals surface area contributed by atoms with Crippen LogP contribution < -0.4 is 0 Å². The molecule has 0 amide bonds. The molecule has 1 aromatic rings. The van der Waals surface area contributed by atoms with Gasteiger partial charge in [-0.25, -0.2) is 4.39 Å². The lowest BCUT2D eigenvalue weighted by Crippen LogP contribution is -1.92. The van der Waals surface area contributed by atoms with Crippen LogP contribution in [0.15, 0.2) is 12.1 Å². The fourth-order valence-corrected chi connectivity index (χ4v) is 1.06. The van der Waals surface area contributed by atoms with Crippen molar-refractivity contribution in [2.75, 3.05) is 5.33 Å². The Kier molecular flexibility index (Phi) is 3.63. The van der Waals surface area contributed by atoms with Crippen molar-refractivity contribution in [2.45, 2.75) is 0 Å². The molecule has 0 aliphatic carbocycles. The Bertz CT molecular complexity index is 464. The van der Waals surface area contributed by atoms with E-state index in [1.807, 2.05) is 0 Å². The molecule has 6 heteroatoms. The highest BCUT2D eigenvalue weighted by atomic mass is 79.9. The largest absolute Gasteiger partial charge is 0.502 e. The Hall–Kier alpha value is -1.61. The molecule has 1 aromatic carbocycles. The third-order valence-electron chi connectivity index (χ3n) is 1.55. The average Bonchev–Trinajstić information content (AvgIpc) is 2.16. The van der Waals surface area contributed by atoms with Crippen LogP contribution in [-0.4, -0.2) is 15.4 Å². The van der Waals surface area contributed by atoms with Gasteiger partial charge in [0.2, 0.25) is 0 Å². The number of hydrogen-bond acceptors (Lipinski definition) is 3. The number of alkyl halides is 1. The molecule has 0 bridgehead atoms. The van der Waals surface area contributed by atoms with Crippen LogP contribution in [0.25, 0.3) is 0 Å². The van der Waals surface area contributed by atoms with Gasteiger partial charge >= 0.3 is 5.69 Å². The zero-order chi connectivity index (χ0) is 11.4. The van der Waals surface area contributed by atoms with E-state index >= 15 is 0 Å². The molecule has 0 saturated carbocycles. The Labute approximate surface area is 93.0 Å². The van der Waals surface area contributed by atoms with Gasteiger partial charge in [0, 0.05) is 12.1 Å². The highest BCUT2D eigenvalue weighted by Crippen LogP contribution is 2.28. The van der Waals surface area contributed by atoms with Crippen LogP contribution in [0.5, 0.6) is 5.75 Å². The van der Waals surface area contributed by atoms with Crippen molar-refractivity contribution in [2.24, 2.45) is 0 Å². The van der Waals surface area contributed by atoms with Crippen LogP contribution in [0, 0.1) is 27.8 Å². The molecule has 0 aromatic heterocycles. The Balaban J connectivity index is 3.29. The summed E-state index contributed by atoms with van der Waals surface area (Å²) in [6.07, 6.45) is 0. The second kappa shape index (κ2) is 4.75. The molecule has 0 saturated heterocycles. The lowest BCUT2D eigenvalue weighted by molar-refractivity contribution is -0.385. The summed E-state index contributed by atoms with van der Waals surface area (Å²) in [5, 5.41) is 19.8. The van der Waals surface area contributed by atoms with Gasteiger partial charge in [-0.05, 0) is 0 Å². The van der Waals surface area contributed by atoms with E-state index in [1.54, 1.807) is 0 Å². The molecular formula is C9H5BrFNO3. The van der Waals surface area contributed by atoms with Gasteiger partial charge in [-0.1, -0.05) is 27.8 Å². The lowest BCUT2D eigenvalue weighted by atomic mass is 10.2. The number of rotatable bonds is 1. The molecule has 0 unspecified atom stereocenters. The van der Waals surface area contributed by atoms with Crippen molar-refractivity contribution in [3.63, 3.8) is 0 Å². The number of nitro groups is 1. The van der Waals surface area contributed by atoms with E-state index in [0.717, 1.165) is 6.07 Å². The summed E-state index contributed by atoms with van der Waals surface area (Å²) in [4.78, 5) is 9.63. The van der Waals surface area contributed by atoms with E-state index in [4.69, 9.17) is 5.11 Å². The SMILES string of the molecule is O=[N+]([O-])c1cc(C#CCBr)c(F)cc1O. The third kappa shape index (κ3) is 2.67. The molecule has 0 aliphatic heterocycles. The molecule has 0 spiro atoms. The first kappa shape index (κ1) is 11.5. The van der Waals surface area contributed by atoms with Crippen LogP contribution >= 0.6 is 15.9 Å². The van der Waals surface area contributed by atoms with Crippen molar-refractivity contribution in [3.05, 3.63) is 33.6 Å². The van der Waals surface area contributed by atoms with E-state index < -0.39 is 22.2 Å². The van der Waals surface area contributed by atoms with Gasteiger partial charge in [0.15, 0.2) is 5.75 Å². The number of hydrogen-bond donors (Lipinski definition) is 1. The smallest absolute Gasteiger partial charge is 0.312 e. The van der Waals surface area contributed by atoms with Crippen molar-refractivity contribution in [3.8, 4) is 17.6 Å². The number of phenols is 1. The molecule has 0 heterocycles. The molecule has 0 fully saturated rings. The molecular weight excluding hydrogens is 269 g/mol. The Morgan fingerprint density at radius 2 is 2.27 bits per heavy atom. The van der Waals surface area contributed by atoms with Crippen LogP contribution in [0.4, 0.5) is 10.1 Å². The summed E-state index contributed by atoms with van der Waals surface area (Å²) in [5.41, 5.74) is -0.672. The number of nitro benzene ring substituents is 1. The van der Waals surface area contributed by atoms with Crippen LogP contribution in [0.3, 0.4) is 0 Å². The second-order valence-electron chi connectivity index (χ2n) is 2.51. The van der Waals surface area contributed by atoms with Gasteiger partial charge in [0.1, 0.15) is 5.82 Å². The minimum atomic E-state index is -0.798. The highest BCUT2D eigenvalue weighted by molar-refractivity contribution is 9.09. The average molecular weight is 274 g/mol. The normalized spacial score (nSPS) is 9.20. The zero-order valence-electron chi connectivity index (χ0n) is 7.33. The van der Waals surface area contributed by atoms with E-state index in [-0.39, 0.29) is 5.56 Å². The van der Waals surface area contributed by atoms with Crippen LogP contribution in [0.2, 0.25) is 0 Å². The highest BCUT2D eigenvalue weighted by Gasteiger charge is 2.16. The molecule has 1 N–H and O–H groups in total. The van der Waals surface area contributed by atoms with Gasteiger partial charge < -0.3 is 5.11 Å². The summed E-state index contributed by atoms with van der Waals surface area (Å²) >= 11 is 3.01. The summed E-state index contributed by atoms with van der Waals surface area (Å²) in [7, 11) is 0. The molecule has 1 rings (SSSR count). The van der Waals surface area contributed by atoms with Crippen LogP contribution in [-0.2, 0) is 0 Å². The van der Waals surface area contributed by atoms with Gasteiger partial charge in [-0.3, -0.25) is 10.1 Å². The van der Waals surface area contributed by atoms with Gasteiger partial charge in [-0.2, -0.15) is 0 Å². The Morgan fingerprint density at radius 3 is 2.80 bits per heavy atom. The predicted octanol–water partition coefficient (Wildman–Crippen LogP) is 2.19. The molecule has 15 heavy (non-hydrogen) atoms. The van der Waals surface area contributed by atoms with Crippen molar-refractivity contribution >= 4 is 21.6 Å². The lowest BCUT2D eigenvalue weighted by Gasteiger charge is -1.98. The van der Waals surface area contributed by atoms with Crippen molar-refractivity contribution in [1.29, 1.82) is 0 Å². The van der Waals surface area contributed by atoms with Gasteiger partial charge in [0.25, 0.3) is 0 Å². The standard InChI is InChI=1S/C9H5BrFNO3/c10-3-1-2-6-4-8(12(14)15)9(13)5-7(6)11/h4-5,13H,3H2. The van der Waals surface area contributed by atoms with Gasteiger partial charge in [-0.15, -0.1) is 0 Å². The second-order valence-corrected chi connectivity index (χ2v) is 3.07. The molecule has 4 nitrogen and oxygen atoms in total. The van der Waals surface area contributed by atoms with E-state index in [2.05, 4.69) is 27.8 Å². The summed E-state index contributed by atoms with van der Waals surface area (Å²) in [6.45, 7) is 0. The van der Waals surface area contributed by atoms with E-state index in [9.17, 15) is 14.5 Å². The monoisotopic (exact) mass is 273 g/mol. The molecule has 0 atom stereocenters. The maximum atomic E-state index is 13.1. The third-order valence-corrected chi connectivity index (χ3v) is 1.83. The predicted molar refractivity (Wildman–Crippen MR) is 55.4 cm³/mol. The molecule has 78 valence electrons. The first-order valence-electron chi connectivity index (χ1n) is 3.78. The van der Waals surface area contributed by atoms with Crippen LogP contribution in [0.1, 0.15) is 5.56 Å². The quantitative estimate of drug-likeness (QED) is 0.369. The first-order valence-corrected chi connectivity index (χ1v) is 4.90. The number of nitrogens with zero attached hydrogens (tertiary/aromatic N) is 1. The number of aromatic hydroxyl groups is 1. The topological polar surface area (TPSA) is 63.4 Å². The fourth-order valence-electron chi connectivity index (χ4n) is 0.922. The maximum absolute atomic E-state index is 13.1. The van der Waals surface area contributed by atoms with E-state index in [0.29, 0.717) is 11.4 Å². The Morgan fingerprint density at radius 1 is 1.60 bits per heavy atom. The summed E-state index contributed by atoms with van der Waals surface area (Å²) in [5.74, 6) is 3.42. The summed E-state index contributed by atoms with van der Waals surface area (Å²) < 4.78 is 13.1. The molecule has 0 aliphatic rings. The first-order chi connectivity index (χ1) is 7.06. The van der Waals surface area contributed by atoms with E-state index in [1.165, 1.54) is 0 Å². The number of halogens is 2. The zero-order valence-corrected chi connectivity index (χ0v) is 8.91. The minimum absolute atomic E-state index is 0.112. The van der Waals surface area contributed by atoms with Crippen molar-refractivity contribution in [1.82, 2.24) is 0 Å². The number of benzene rings is 1.